The molecule has 2 unspecified atom stereocenters. The van der Waals surface area contributed by atoms with Gasteiger partial charge in [0.15, 0.2) is 17.7 Å². The first kappa shape index (κ1) is 34.3. The Morgan fingerprint density at radius 2 is 1.73 bits per heavy atom. The Bertz CT molecular complexity index is 803. The van der Waals surface area contributed by atoms with Crippen LogP contribution >= 0.6 is 11.8 Å². The van der Waals surface area contributed by atoms with Gasteiger partial charge in [0, 0.05) is 37.7 Å². The summed E-state index contributed by atoms with van der Waals surface area (Å²) in [6, 6.07) is 0. The van der Waals surface area contributed by atoms with Gasteiger partial charge in [-0.1, -0.05) is 62.3 Å². The van der Waals surface area contributed by atoms with Gasteiger partial charge in [0.2, 0.25) is 0 Å². The molecule has 7 atom stereocenters. The van der Waals surface area contributed by atoms with Crippen LogP contribution in [-0.4, -0.2) is 61.4 Å². The van der Waals surface area contributed by atoms with Crippen LogP contribution in [0.25, 0.3) is 0 Å². The molecular weight excluding hydrogens is 540 g/mol. The molecule has 0 amide bonds. The van der Waals surface area contributed by atoms with E-state index in [2.05, 4.69) is 31.2 Å². The number of thioether (sulfide) groups is 1. The minimum atomic E-state index is -0.187. The lowest BCUT2D eigenvalue weighted by Crippen LogP contribution is -2.31. The molecule has 0 aromatic rings. The van der Waals surface area contributed by atoms with Gasteiger partial charge in [-0.15, -0.1) is 0 Å². The number of hydrogen-bond donors (Lipinski definition) is 0. The highest BCUT2D eigenvalue weighted by atomic mass is 32.2. The van der Waals surface area contributed by atoms with Crippen molar-refractivity contribution < 1.29 is 33.3 Å². The van der Waals surface area contributed by atoms with Gasteiger partial charge in [0.1, 0.15) is 0 Å². The quantitative estimate of drug-likeness (QED) is 0.0972. The number of carbonyl (C=O) groups excluding carboxylic acids is 2. The van der Waals surface area contributed by atoms with Crippen molar-refractivity contribution in [3.63, 3.8) is 0 Å². The molecule has 0 aromatic heterocycles. The molecule has 1 saturated carbocycles. The normalized spacial score (nSPS) is 29.7. The van der Waals surface area contributed by atoms with E-state index in [0.29, 0.717) is 18.8 Å². The number of esters is 1. The summed E-state index contributed by atoms with van der Waals surface area (Å²) in [7, 11) is 1.42. The van der Waals surface area contributed by atoms with Crippen LogP contribution in [0.1, 0.15) is 110 Å². The predicted molar refractivity (Wildman–Crippen MR) is 163 cm³/mol. The molecule has 0 aromatic carbocycles. The van der Waals surface area contributed by atoms with Crippen molar-refractivity contribution in [1.82, 2.24) is 0 Å². The lowest BCUT2D eigenvalue weighted by molar-refractivity contribution is -0.192. The molecule has 234 valence electrons. The molecule has 41 heavy (non-hydrogen) atoms. The maximum atomic E-state index is 12.3. The monoisotopic (exact) mass is 594 g/mol. The predicted octanol–water partition coefficient (Wildman–Crippen LogP) is 7.52. The number of methoxy groups -OCH3 is 1. The number of ether oxygens (including phenoxy) is 5. The van der Waals surface area contributed by atoms with E-state index >= 15 is 0 Å². The minimum absolute atomic E-state index is 0.00160. The van der Waals surface area contributed by atoms with Gasteiger partial charge in [-0.3, -0.25) is 9.59 Å². The molecule has 7 nitrogen and oxygen atoms in total. The van der Waals surface area contributed by atoms with Crippen molar-refractivity contribution in [2.24, 2.45) is 11.8 Å². The third-order valence-corrected chi connectivity index (χ3v) is 9.51. The van der Waals surface area contributed by atoms with Crippen LogP contribution in [0.3, 0.4) is 0 Å². The van der Waals surface area contributed by atoms with Crippen molar-refractivity contribution in [3.05, 3.63) is 24.3 Å². The van der Waals surface area contributed by atoms with Crippen LogP contribution < -0.4 is 0 Å². The number of rotatable bonds is 17. The van der Waals surface area contributed by atoms with Gasteiger partial charge in [-0.05, 0) is 76.5 Å². The van der Waals surface area contributed by atoms with E-state index in [1.165, 1.54) is 31.7 Å². The molecular formula is C33H54O7S. The number of carbonyl (C=O) groups is 2. The first-order valence-corrected chi connectivity index (χ1v) is 17.0. The molecule has 0 N–H and O–H groups in total. The lowest BCUT2D eigenvalue weighted by Gasteiger charge is -2.30. The SMILES string of the molecule is CCCCC[C@@H](C=C[C@@H]1[C@@H](CCC=CCCC(=O)OC)[C@@H](SC(C)=O)C[C@H]1OC1CCCCO1)OC1CCCCO1. The molecule has 0 bridgehead atoms. The molecule has 0 radical (unpaired) electrons. The van der Waals surface area contributed by atoms with E-state index in [1.54, 1.807) is 6.92 Å². The summed E-state index contributed by atoms with van der Waals surface area (Å²) in [5.41, 5.74) is 0. The second kappa shape index (κ2) is 19.9. The average molecular weight is 595 g/mol. The smallest absolute Gasteiger partial charge is 0.305 e. The van der Waals surface area contributed by atoms with Crippen molar-refractivity contribution in [2.75, 3.05) is 20.3 Å². The fourth-order valence-corrected chi connectivity index (χ4v) is 7.34. The molecule has 2 saturated heterocycles. The van der Waals surface area contributed by atoms with Crippen LogP contribution in [0.15, 0.2) is 24.3 Å². The van der Waals surface area contributed by atoms with Crippen LogP contribution in [0, 0.1) is 11.8 Å². The zero-order valence-electron chi connectivity index (χ0n) is 25.6. The fraction of sp³-hybridized carbons (Fsp3) is 0.818. The highest BCUT2D eigenvalue weighted by molar-refractivity contribution is 8.14. The van der Waals surface area contributed by atoms with Gasteiger partial charge < -0.3 is 23.7 Å². The van der Waals surface area contributed by atoms with E-state index < -0.39 is 0 Å². The van der Waals surface area contributed by atoms with Gasteiger partial charge in [-0.2, -0.15) is 0 Å². The van der Waals surface area contributed by atoms with Crippen LogP contribution in [0.5, 0.6) is 0 Å². The summed E-state index contributed by atoms with van der Waals surface area (Å²) in [6.45, 7) is 5.41. The van der Waals surface area contributed by atoms with Gasteiger partial charge in [0.25, 0.3) is 0 Å². The molecule has 3 rings (SSSR count). The summed E-state index contributed by atoms with van der Waals surface area (Å²) in [4.78, 5) is 23.7. The first-order valence-electron chi connectivity index (χ1n) is 16.1. The van der Waals surface area contributed by atoms with E-state index in [-0.39, 0.29) is 47.0 Å². The number of hydrogen-bond acceptors (Lipinski definition) is 8. The van der Waals surface area contributed by atoms with E-state index in [0.717, 1.165) is 83.8 Å². The first-order chi connectivity index (χ1) is 20.0. The van der Waals surface area contributed by atoms with Gasteiger partial charge in [-0.25, -0.2) is 0 Å². The Hall–Kier alpha value is -1.19. The second-order valence-electron chi connectivity index (χ2n) is 11.6. The maximum Gasteiger partial charge on any atom is 0.305 e. The van der Waals surface area contributed by atoms with Crippen LogP contribution in [-0.2, 0) is 33.3 Å². The Morgan fingerprint density at radius 3 is 2.39 bits per heavy atom. The minimum Gasteiger partial charge on any atom is -0.469 e. The number of unbranched alkanes of at least 4 members (excludes halogenated alkanes) is 2. The largest absolute Gasteiger partial charge is 0.469 e. The molecule has 0 spiro atoms. The fourth-order valence-electron chi connectivity index (χ4n) is 6.14. The maximum absolute atomic E-state index is 12.3. The lowest BCUT2D eigenvalue weighted by atomic mass is 9.89. The molecule has 3 fully saturated rings. The molecule has 1 aliphatic carbocycles. The summed E-state index contributed by atoms with van der Waals surface area (Å²) in [5, 5.41) is 0.349. The highest BCUT2D eigenvalue weighted by Gasteiger charge is 2.44. The summed E-state index contributed by atoms with van der Waals surface area (Å²) in [5.74, 6) is 0.277. The molecule has 3 aliphatic rings. The number of allylic oxidation sites excluding steroid dienone is 2. The standard InChI is InChI=1S/C33H54O7S/c1-4-5-8-15-26(39-32-18-11-13-22-37-32)20-21-27-28(16-9-6-7-10-17-31(35)36-3)30(41-25(2)34)24-29(27)40-33-19-12-14-23-38-33/h6-7,20-21,26-30,32-33H,4-5,8-19,22-24H2,1-3H3/t26-,27+,28+,29+,30-,32?,33?/m0/s1. The highest BCUT2D eigenvalue weighted by Crippen LogP contribution is 2.45. The average Bonchev–Trinajstić information content (AvgIpc) is 3.28. The van der Waals surface area contributed by atoms with E-state index in [4.69, 9.17) is 23.7 Å². The Kier molecular flexibility index (Phi) is 16.6. The zero-order chi connectivity index (χ0) is 29.3. The zero-order valence-corrected chi connectivity index (χ0v) is 26.5. The Balaban J connectivity index is 1.75. The van der Waals surface area contributed by atoms with Crippen LogP contribution in [0.2, 0.25) is 0 Å². The molecule has 2 heterocycles. The van der Waals surface area contributed by atoms with Gasteiger partial charge >= 0.3 is 5.97 Å². The van der Waals surface area contributed by atoms with Gasteiger partial charge in [0.05, 0.1) is 19.3 Å². The summed E-state index contributed by atoms with van der Waals surface area (Å²) >= 11 is 1.46. The van der Waals surface area contributed by atoms with Crippen molar-refractivity contribution in [2.45, 2.75) is 140 Å². The van der Waals surface area contributed by atoms with E-state index in [9.17, 15) is 9.59 Å². The second-order valence-corrected chi connectivity index (χ2v) is 13.0. The van der Waals surface area contributed by atoms with Crippen molar-refractivity contribution in [3.8, 4) is 0 Å². The molecule has 8 heteroatoms. The van der Waals surface area contributed by atoms with Crippen molar-refractivity contribution >= 4 is 22.8 Å². The Labute approximate surface area is 252 Å². The molecule has 2 aliphatic heterocycles. The summed E-state index contributed by atoms with van der Waals surface area (Å²) < 4.78 is 29.8. The third kappa shape index (κ3) is 12.9. The topological polar surface area (TPSA) is 80.3 Å². The third-order valence-electron chi connectivity index (χ3n) is 8.33. The van der Waals surface area contributed by atoms with Crippen molar-refractivity contribution in [1.29, 1.82) is 0 Å². The van der Waals surface area contributed by atoms with E-state index in [1.807, 2.05) is 0 Å². The van der Waals surface area contributed by atoms with Crippen LogP contribution in [0.4, 0.5) is 0 Å². The summed E-state index contributed by atoms with van der Waals surface area (Å²) in [6.07, 6.45) is 23.1. The Morgan fingerprint density at radius 1 is 1.00 bits per heavy atom.